The van der Waals surface area contributed by atoms with Crippen molar-refractivity contribution in [1.82, 2.24) is 0 Å². The molecule has 100 valence electrons. The van der Waals surface area contributed by atoms with E-state index in [4.69, 9.17) is 5.21 Å². The van der Waals surface area contributed by atoms with Crippen LogP contribution in [0.1, 0.15) is 21.5 Å². The van der Waals surface area contributed by atoms with Gasteiger partial charge in [0.2, 0.25) is 0 Å². The summed E-state index contributed by atoms with van der Waals surface area (Å²) in [5.74, 6) is 2.61. The Morgan fingerprint density at radius 2 is 1.63 bits per heavy atom. The minimum absolute atomic E-state index is 0.352. The molecule has 4 heteroatoms. The lowest BCUT2D eigenvalue weighted by Gasteiger charge is -2.10. The van der Waals surface area contributed by atoms with E-state index in [2.05, 4.69) is 5.90 Å². The maximum atomic E-state index is 11.2. The number of hydrogen-bond donors (Lipinski definition) is 3. The molecular weight excluding hydrogens is 242 g/mol. The van der Waals surface area contributed by atoms with E-state index in [1.54, 1.807) is 6.07 Å². The molecule has 0 unspecified atom stereocenters. The number of aromatic carboxylic acids is 1. The van der Waals surface area contributed by atoms with Crippen molar-refractivity contribution in [2.75, 3.05) is 0 Å². The number of benzene rings is 2. The van der Waals surface area contributed by atoms with Crippen molar-refractivity contribution in [2.45, 2.75) is 13.8 Å². The van der Waals surface area contributed by atoms with Crippen molar-refractivity contribution in [3.8, 4) is 11.1 Å². The monoisotopic (exact) mass is 259 g/mol. The van der Waals surface area contributed by atoms with Crippen molar-refractivity contribution >= 4 is 5.97 Å². The molecule has 0 aromatic heterocycles. The zero-order chi connectivity index (χ0) is 14.4. The maximum absolute atomic E-state index is 11.2. The van der Waals surface area contributed by atoms with Crippen LogP contribution in [-0.4, -0.2) is 16.3 Å². The van der Waals surface area contributed by atoms with E-state index in [1.807, 2.05) is 50.2 Å². The molecule has 0 amide bonds. The fourth-order valence-electron chi connectivity index (χ4n) is 1.94. The van der Waals surface area contributed by atoms with Gasteiger partial charge in [-0.05, 0) is 36.6 Å². The zero-order valence-corrected chi connectivity index (χ0v) is 10.9. The summed E-state index contributed by atoms with van der Waals surface area (Å²) >= 11 is 0. The average Bonchev–Trinajstić information content (AvgIpc) is 2.41. The van der Waals surface area contributed by atoms with Gasteiger partial charge in [-0.25, -0.2) is 10.7 Å². The fourth-order valence-corrected chi connectivity index (χ4v) is 1.94. The van der Waals surface area contributed by atoms with E-state index in [9.17, 15) is 9.90 Å². The van der Waals surface area contributed by atoms with Gasteiger partial charge in [-0.15, -0.1) is 0 Å². The summed E-state index contributed by atoms with van der Waals surface area (Å²) in [6.07, 6.45) is 0. The third-order valence-corrected chi connectivity index (χ3v) is 2.84. The fraction of sp³-hybridized carbons (Fsp3) is 0.133. The first-order chi connectivity index (χ1) is 9.09. The maximum Gasteiger partial charge on any atom is 0.336 e. The molecule has 0 aliphatic heterocycles. The molecule has 0 aliphatic carbocycles. The van der Waals surface area contributed by atoms with E-state index in [0.29, 0.717) is 5.56 Å². The number of rotatable bonds is 2. The van der Waals surface area contributed by atoms with E-state index < -0.39 is 5.97 Å². The number of hydrogen-bond acceptors (Lipinski definition) is 3. The van der Waals surface area contributed by atoms with Gasteiger partial charge in [-0.1, -0.05) is 42.0 Å². The van der Waals surface area contributed by atoms with Gasteiger partial charge in [0.1, 0.15) is 0 Å². The third kappa shape index (κ3) is 3.40. The molecule has 0 saturated heterocycles. The predicted octanol–water partition coefficient (Wildman–Crippen LogP) is 3.00. The molecule has 19 heavy (non-hydrogen) atoms. The summed E-state index contributed by atoms with van der Waals surface area (Å²) < 4.78 is 0. The van der Waals surface area contributed by atoms with Crippen LogP contribution in [0.3, 0.4) is 0 Å². The number of carboxylic acid groups (broad SMARTS) is 1. The molecule has 4 nitrogen and oxygen atoms in total. The highest BCUT2D eigenvalue weighted by Gasteiger charge is 2.12. The van der Waals surface area contributed by atoms with Crippen molar-refractivity contribution in [2.24, 2.45) is 5.90 Å². The molecule has 2 rings (SSSR count). The molecule has 0 atom stereocenters. The molecule has 4 N–H and O–H groups in total. The number of aryl methyl sites for hydroxylation is 2. The molecule has 0 spiro atoms. The third-order valence-electron chi connectivity index (χ3n) is 2.84. The zero-order valence-electron chi connectivity index (χ0n) is 10.9. The van der Waals surface area contributed by atoms with Gasteiger partial charge in [0.15, 0.2) is 0 Å². The van der Waals surface area contributed by atoms with Crippen LogP contribution in [-0.2, 0) is 0 Å². The lowest BCUT2D eigenvalue weighted by atomic mass is 9.94. The Kier molecular flexibility index (Phi) is 5.23. The summed E-state index contributed by atoms with van der Waals surface area (Å²) in [6, 6.07) is 13.2. The number of nitrogens with two attached hydrogens (primary N) is 1. The molecule has 0 fully saturated rings. The second-order valence-corrected chi connectivity index (χ2v) is 4.17. The molecule has 2 aromatic rings. The van der Waals surface area contributed by atoms with Crippen molar-refractivity contribution in [1.29, 1.82) is 0 Å². The van der Waals surface area contributed by atoms with Crippen molar-refractivity contribution in [3.05, 3.63) is 59.2 Å². The van der Waals surface area contributed by atoms with Gasteiger partial charge in [-0.3, -0.25) is 0 Å². The first-order valence-corrected chi connectivity index (χ1v) is 5.75. The van der Waals surface area contributed by atoms with Gasteiger partial charge in [0.25, 0.3) is 0 Å². The Bertz CT molecular complexity index is 579. The van der Waals surface area contributed by atoms with Crippen LogP contribution >= 0.6 is 0 Å². The normalized spacial score (nSPS) is 9.47. The van der Waals surface area contributed by atoms with E-state index in [1.165, 1.54) is 0 Å². The molecule has 2 aromatic carbocycles. The lowest BCUT2D eigenvalue weighted by molar-refractivity contribution is 0.0697. The molecule has 0 saturated carbocycles. The molecule has 0 bridgehead atoms. The minimum atomic E-state index is -0.886. The van der Waals surface area contributed by atoms with E-state index >= 15 is 0 Å². The van der Waals surface area contributed by atoms with Crippen LogP contribution in [0.2, 0.25) is 0 Å². The van der Waals surface area contributed by atoms with E-state index in [-0.39, 0.29) is 0 Å². The SMILES string of the molecule is Cc1ccc(C(=O)O)c(-c2ccccc2C)c1.NO. The highest BCUT2D eigenvalue weighted by atomic mass is 16.4. The highest BCUT2D eigenvalue weighted by Crippen LogP contribution is 2.27. The van der Waals surface area contributed by atoms with Crippen LogP contribution in [0.5, 0.6) is 0 Å². The number of carboxylic acids is 1. The van der Waals surface area contributed by atoms with Crippen molar-refractivity contribution in [3.63, 3.8) is 0 Å². The topological polar surface area (TPSA) is 83.5 Å². The largest absolute Gasteiger partial charge is 0.478 e. The quantitative estimate of drug-likeness (QED) is 0.724. The summed E-state index contributed by atoms with van der Waals surface area (Å²) in [5, 5.41) is 15.7. The average molecular weight is 259 g/mol. The first-order valence-electron chi connectivity index (χ1n) is 5.75. The highest BCUT2D eigenvalue weighted by molar-refractivity contribution is 5.96. The van der Waals surface area contributed by atoms with Crippen LogP contribution < -0.4 is 5.90 Å². The lowest BCUT2D eigenvalue weighted by Crippen LogP contribution is -2.00. The predicted molar refractivity (Wildman–Crippen MR) is 74.3 cm³/mol. The van der Waals surface area contributed by atoms with E-state index in [0.717, 1.165) is 22.3 Å². The van der Waals surface area contributed by atoms with Crippen molar-refractivity contribution < 1.29 is 15.1 Å². The Morgan fingerprint density at radius 3 is 2.21 bits per heavy atom. The van der Waals surface area contributed by atoms with Crippen LogP contribution in [0.25, 0.3) is 11.1 Å². The molecule has 0 radical (unpaired) electrons. The number of carbonyl (C=O) groups is 1. The Morgan fingerprint density at radius 1 is 1.00 bits per heavy atom. The minimum Gasteiger partial charge on any atom is -0.478 e. The van der Waals surface area contributed by atoms with Gasteiger partial charge >= 0.3 is 5.97 Å². The Hall–Kier alpha value is -2.17. The van der Waals surface area contributed by atoms with Crippen LogP contribution in [0.4, 0.5) is 0 Å². The second-order valence-electron chi connectivity index (χ2n) is 4.17. The van der Waals surface area contributed by atoms with Crippen LogP contribution in [0.15, 0.2) is 42.5 Å². The summed E-state index contributed by atoms with van der Waals surface area (Å²) in [7, 11) is 0. The van der Waals surface area contributed by atoms with Crippen LogP contribution in [0, 0.1) is 13.8 Å². The van der Waals surface area contributed by atoms with Gasteiger partial charge < -0.3 is 10.3 Å². The first kappa shape index (κ1) is 14.9. The summed E-state index contributed by atoms with van der Waals surface area (Å²) in [4.78, 5) is 11.2. The Labute approximate surface area is 112 Å². The van der Waals surface area contributed by atoms with Gasteiger partial charge in [-0.2, -0.15) is 0 Å². The Balaban J connectivity index is 0.000000861. The molecular formula is C15H17NO3. The van der Waals surface area contributed by atoms with Gasteiger partial charge in [0, 0.05) is 0 Å². The second kappa shape index (κ2) is 6.68. The van der Waals surface area contributed by atoms with Gasteiger partial charge in [0.05, 0.1) is 5.56 Å². The standard InChI is InChI=1S/C15H14O2.H3NO/c1-10-7-8-13(15(16)17)14(9-10)12-6-4-3-5-11(12)2;1-2/h3-9H,1-2H3,(H,16,17);2H,1H2. The summed E-state index contributed by atoms with van der Waals surface area (Å²) in [5.41, 5.74) is 4.27. The molecule has 0 heterocycles. The summed E-state index contributed by atoms with van der Waals surface area (Å²) in [6.45, 7) is 3.96. The smallest absolute Gasteiger partial charge is 0.336 e. The molecule has 0 aliphatic rings.